The summed E-state index contributed by atoms with van der Waals surface area (Å²) in [6.45, 7) is 4.52. The summed E-state index contributed by atoms with van der Waals surface area (Å²) in [6.07, 6.45) is 0.224. The van der Waals surface area contributed by atoms with Crippen LogP contribution in [-0.4, -0.2) is 36.4 Å². The third-order valence-electron chi connectivity index (χ3n) is 4.27. The summed E-state index contributed by atoms with van der Waals surface area (Å²) in [5.74, 6) is 0.488. The molecule has 0 heterocycles. The molecule has 1 atom stereocenters. The Kier molecular flexibility index (Phi) is 7.85. The van der Waals surface area contributed by atoms with E-state index in [1.165, 1.54) is 0 Å². The largest absolute Gasteiger partial charge is 0.497 e. The average Bonchev–Trinajstić information content (AvgIpc) is 2.66. The van der Waals surface area contributed by atoms with Gasteiger partial charge in [0.05, 0.1) is 13.5 Å². The van der Waals surface area contributed by atoms with Crippen molar-refractivity contribution in [2.24, 2.45) is 0 Å². The van der Waals surface area contributed by atoms with Gasteiger partial charge in [0, 0.05) is 17.6 Å². The smallest absolute Gasteiger partial charge is 0.242 e. The number of amides is 2. The van der Waals surface area contributed by atoms with Crippen molar-refractivity contribution in [2.75, 3.05) is 13.7 Å². The first-order valence-electron chi connectivity index (χ1n) is 8.89. The second-order valence-electron chi connectivity index (χ2n) is 6.25. The van der Waals surface area contributed by atoms with E-state index in [0.717, 1.165) is 21.3 Å². The van der Waals surface area contributed by atoms with Crippen LogP contribution in [0.4, 0.5) is 0 Å². The highest BCUT2D eigenvalue weighted by atomic mass is 79.9. The quantitative estimate of drug-likeness (QED) is 0.693. The molecule has 0 fully saturated rings. The highest BCUT2D eigenvalue weighted by Crippen LogP contribution is 2.17. The first-order valence-corrected chi connectivity index (χ1v) is 9.68. The highest BCUT2D eigenvalue weighted by molar-refractivity contribution is 9.10. The summed E-state index contributed by atoms with van der Waals surface area (Å²) in [4.78, 5) is 27.0. The summed E-state index contributed by atoms with van der Waals surface area (Å²) in [6, 6.07) is 14.6. The number of methoxy groups -OCH3 is 1. The summed E-state index contributed by atoms with van der Waals surface area (Å²) in [5, 5.41) is 2.80. The molecular formula is C21H25BrN2O3. The van der Waals surface area contributed by atoms with Crippen molar-refractivity contribution in [3.63, 3.8) is 0 Å². The zero-order chi connectivity index (χ0) is 19.8. The monoisotopic (exact) mass is 432 g/mol. The second kappa shape index (κ2) is 10.1. The van der Waals surface area contributed by atoms with E-state index in [-0.39, 0.29) is 18.2 Å². The lowest BCUT2D eigenvalue weighted by Gasteiger charge is -2.29. The van der Waals surface area contributed by atoms with Crippen LogP contribution < -0.4 is 10.1 Å². The molecule has 144 valence electrons. The number of carbonyl (C=O) groups is 2. The fraction of sp³-hybridized carbons (Fsp3) is 0.333. The van der Waals surface area contributed by atoms with E-state index in [4.69, 9.17) is 4.74 Å². The molecule has 1 unspecified atom stereocenters. The lowest BCUT2D eigenvalue weighted by molar-refractivity contribution is -0.140. The van der Waals surface area contributed by atoms with Crippen molar-refractivity contribution in [1.29, 1.82) is 0 Å². The number of hydrogen-bond acceptors (Lipinski definition) is 3. The van der Waals surface area contributed by atoms with Crippen LogP contribution in [0.15, 0.2) is 53.0 Å². The Morgan fingerprint density at radius 1 is 1.15 bits per heavy atom. The summed E-state index contributed by atoms with van der Waals surface area (Å²) >= 11 is 3.45. The maximum atomic E-state index is 13.0. The minimum absolute atomic E-state index is 0.0982. The molecule has 2 amide bonds. The summed E-state index contributed by atoms with van der Waals surface area (Å²) in [7, 11) is 1.61. The van der Waals surface area contributed by atoms with Gasteiger partial charge in [0.25, 0.3) is 0 Å². The number of carbonyl (C=O) groups excluding carboxylic acids is 2. The molecule has 27 heavy (non-hydrogen) atoms. The highest BCUT2D eigenvalue weighted by Gasteiger charge is 2.25. The number of nitrogens with one attached hydrogen (secondary N) is 1. The van der Waals surface area contributed by atoms with Gasteiger partial charge in [0.15, 0.2) is 0 Å². The van der Waals surface area contributed by atoms with E-state index in [2.05, 4.69) is 21.2 Å². The average molecular weight is 433 g/mol. The molecule has 2 aromatic rings. The molecule has 1 N–H and O–H groups in total. The standard InChI is InChI=1S/C21H25BrN2O3/c1-4-23-21(26)15(2)24(14-17-6-5-7-18(22)12-17)20(25)13-16-8-10-19(27-3)11-9-16/h5-12,15H,4,13-14H2,1-3H3,(H,23,26). The van der Waals surface area contributed by atoms with Gasteiger partial charge in [-0.25, -0.2) is 0 Å². The van der Waals surface area contributed by atoms with E-state index in [1.807, 2.05) is 55.5 Å². The van der Waals surface area contributed by atoms with E-state index in [1.54, 1.807) is 18.9 Å². The van der Waals surface area contributed by atoms with Crippen molar-refractivity contribution >= 4 is 27.7 Å². The summed E-state index contributed by atoms with van der Waals surface area (Å²) < 4.78 is 6.09. The topological polar surface area (TPSA) is 58.6 Å². The fourth-order valence-electron chi connectivity index (χ4n) is 2.76. The van der Waals surface area contributed by atoms with Gasteiger partial charge in [-0.05, 0) is 49.2 Å². The SMILES string of the molecule is CCNC(=O)C(C)N(Cc1cccc(Br)c1)C(=O)Cc1ccc(OC)cc1. The zero-order valence-electron chi connectivity index (χ0n) is 15.9. The number of nitrogens with zero attached hydrogens (tertiary/aromatic N) is 1. The third-order valence-corrected chi connectivity index (χ3v) is 4.77. The normalized spacial score (nSPS) is 11.6. The molecule has 0 radical (unpaired) electrons. The van der Waals surface area contributed by atoms with Gasteiger partial charge in [-0.3, -0.25) is 9.59 Å². The Morgan fingerprint density at radius 2 is 1.85 bits per heavy atom. The lowest BCUT2D eigenvalue weighted by Crippen LogP contribution is -2.48. The Balaban J connectivity index is 2.20. The van der Waals surface area contributed by atoms with Crippen LogP contribution in [-0.2, 0) is 22.6 Å². The number of ether oxygens (including phenoxy) is 1. The van der Waals surface area contributed by atoms with E-state index < -0.39 is 6.04 Å². The Hall–Kier alpha value is -2.34. The molecule has 0 aromatic heterocycles. The van der Waals surface area contributed by atoms with Gasteiger partial charge in [0.2, 0.25) is 11.8 Å². The molecule has 0 bridgehead atoms. The van der Waals surface area contributed by atoms with Gasteiger partial charge in [0.1, 0.15) is 11.8 Å². The van der Waals surface area contributed by atoms with Gasteiger partial charge in [-0.1, -0.05) is 40.2 Å². The molecule has 0 saturated heterocycles. The van der Waals surface area contributed by atoms with Gasteiger partial charge < -0.3 is 15.0 Å². The van der Waals surface area contributed by atoms with Crippen molar-refractivity contribution in [3.8, 4) is 5.75 Å². The van der Waals surface area contributed by atoms with Crippen LogP contribution in [0.2, 0.25) is 0 Å². The molecule has 0 aliphatic heterocycles. The second-order valence-corrected chi connectivity index (χ2v) is 7.16. The van der Waals surface area contributed by atoms with Crippen molar-refractivity contribution in [1.82, 2.24) is 10.2 Å². The Labute approximate surface area is 168 Å². The van der Waals surface area contributed by atoms with Gasteiger partial charge >= 0.3 is 0 Å². The maximum Gasteiger partial charge on any atom is 0.242 e. The lowest BCUT2D eigenvalue weighted by atomic mass is 10.1. The molecule has 5 nitrogen and oxygen atoms in total. The van der Waals surface area contributed by atoms with Crippen LogP contribution in [0.3, 0.4) is 0 Å². The van der Waals surface area contributed by atoms with E-state index >= 15 is 0 Å². The Morgan fingerprint density at radius 3 is 2.44 bits per heavy atom. The predicted molar refractivity (Wildman–Crippen MR) is 110 cm³/mol. The molecule has 0 saturated carbocycles. The fourth-order valence-corrected chi connectivity index (χ4v) is 3.20. The summed E-state index contributed by atoms with van der Waals surface area (Å²) in [5.41, 5.74) is 1.84. The molecule has 0 aliphatic rings. The molecular weight excluding hydrogens is 408 g/mol. The first-order chi connectivity index (χ1) is 12.9. The molecule has 0 aliphatic carbocycles. The van der Waals surface area contributed by atoms with Crippen molar-refractivity contribution in [2.45, 2.75) is 32.9 Å². The number of benzene rings is 2. The minimum atomic E-state index is -0.560. The van der Waals surface area contributed by atoms with Crippen LogP contribution in [0, 0.1) is 0 Å². The number of hydrogen-bond donors (Lipinski definition) is 1. The molecule has 2 aromatic carbocycles. The minimum Gasteiger partial charge on any atom is -0.497 e. The van der Waals surface area contributed by atoms with Gasteiger partial charge in [-0.15, -0.1) is 0 Å². The third kappa shape index (κ3) is 6.10. The molecule has 2 rings (SSSR count). The van der Waals surface area contributed by atoms with Crippen molar-refractivity contribution < 1.29 is 14.3 Å². The zero-order valence-corrected chi connectivity index (χ0v) is 17.5. The predicted octanol–water partition coefficient (Wildman–Crippen LogP) is 3.55. The van der Waals surface area contributed by atoms with E-state index in [0.29, 0.717) is 13.1 Å². The van der Waals surface area contributed by atoms with Crippen LogP contribution in [0.5, 0.6) is 5.75 Å². The Bertz CT molecular complexity index is 777. The number of halogens is 1. The van der Waals surface area contributed by atoms with Crippen LogP contribution >= 0.6 is 15.9 Å². The molecule has 0 spiro atoms. The number of rotatable bonds is 8. The molecule has 6 heteroatoms. The van der Waals surface area contributed by atoms with Crippen molar-refractivity contribution in [3.05, 3.63) is 64.1 Å². The van der Waals surface area contributed by atoms with E-state index in [9.17, 15) is 9.59 Å². The van der Waals surface area contributed by atoms with Crippen LogP contribution in [0.25, 0.3) is 0 Å². The van der Waals surface area contributed by atoms with Gasteiger partial charge in [-0.2, -0.15) is 0 Å². The van der Waals surface area contributed by atoms with Crippen LogP contribution in [0.1, 0.15) is 25.0 Å². The first kappa shape index (κ1) is 21.0. The maximum absolute atomic E-state index is 13.0. The number of likely N-dealkylation sites (N-methyl/N-ethyl adjacent to an activating group) is 1.